The highest BCUT2D eigenvalue weighted by molar-refractivity contribution is 5.96. The maximum Gasteiger partial charge on any atom is 0.338 e. The van der Waals surface area contributed by atoms with E-state index in [1.807, 2.05) is 0 Å². The summed E-state index contributed by atoms with van der Waals surface area (Å²) in [5.74, 6) is -1.97. The van der Waals surface area contributed by atoms with Gasteiger partial charge in [-0.25, -0.2) is 9.59 Å². The molecule has 0 unspecified atom stereocenters. The molecule has 0 saturated heterocycles. The van der Waals surface area contributed by atoms with E-state index in [0.717, 1.165) is 32.4 Å². The lowest BCUT2D eigenvalue weighted by Crippen LogP contribution is -2.07. The summed E-state index contributed by atoms with van der Waals surface area (Å²) in [6.07, 6.45) is 0. The fourth-order valence-corrected chi connectivity index (χ4v) is 2.10. The van der Waals surface area contributed by atoms with Crippen molar-refractivity contribution in [1.82, 2.24) is 0 Å². The molecule has 0 aliphatic carbocycles. The Morgan fingerprint density at radius 1 is 0.852 bits per heavy atom. The Morgan fingerprint density at radius 3 is 1.85 bits per heavy atom. The minimum atomic E-state index is -0.853. The smallest absolute Gasteiger partial charge is 0.338 e. The van der Waals surface area contributed by atoms with Crippen molar-refractivity contribution in [3.8, 4) is 11.5 Å². The fourth-order valence-electron chi connectivity index (χ4n) is 2.10. The molecule has 0 spiro atoms. The average molecular weight is 376 g/mol. The molecular weight excluding hydrogens is 364 g/mol. The number of benzene rings is 2. The molecule has 2 aromatic carbocycles. The second kappa shape index (κ2) is 7.91. The van der Waals surface area contributed by atoms with Crippen LogP contribution in [0.2, 0.25) is 0 Å². The Bertz CT molecular complexity index is 905. The lowest BCUT2D eigenvalue weighted by Gasteiger charge is -2.10. The Labute approximate surface area is 151 Å². The van der Waals surface area contributed by atoms with Gasteiger partial charge in [0.15, 0.2) is 0 Å². The molecule has 0 atom stereocenters. The van der Waals surface area contributed by atoms with Crippen LogP contribution in [0.15, 0.2) is 36.4 Å². The van der Waals surface area contributed by atoms with Crippen LogP contribution < -0.4 is 4.74 Å². The molecule has 140 valence electrons. The van der Waals surface area contributed by atoms with Crippen LogP contribution in [0.25, 0.3) is 0 Å². The van der Waals surface area contributed by atoms with Gasteiger partial charge in [0.05, 0.1) is 41.3 Å². The van der Waals surface area contributed by atoms with Crippen molar-refractivity contribution in [2.45, 2.75) is 0 Å². The predicted octanol–water partition coefficient (Wildman–Crippen LogP) is 2.87. The van der Waals surface area contributed by atoms with E-state index in [1.165, 1.54) is 18.2 Å². The van der Waals surface area contributed by atoms with E-state index in [4.69, 9.17) is 4.74 Å². The van der Waals surface area contributed by atoms with E-state index in [0.29, 0.717) is 0 Å². The number of methoxy groups -OCH3 is 2. The number of ether oxygens (including phenoxy) is 3. The van der Waals surface area contributed by atoms with E-state index in [1.54, 1.807) is 0 Å². The van der Waals surface area contributed by atoms with Crippen molar-refractivity contribution < 1.29 is 33.6 Å². The van der Waals surface area contributed by atoms with Gasteiger partial charge in [-0.2, -0.15) is 0 Å². The lowest BCUT2D eigenvalue weighted by molar-refractivity contribution is -0.394. The molecule has 0 N–H and O–H groups in total. The highest BCUT2D eigenvalue weighted by atomic mass is 16.6. The first-order valence-corrected chi connectivity index (χ1v) is 7.19. The van der Waals surface area contributed by atoms with Gasteiger partial charge < -0.3 is 14.2 Å². The van der Waals surface area contributed by atoms with Crippen LogP contribution in [-0.4, -0.2) is 36.0 Å². The van der Waals surface area contributed by atoms with Crippen molar-refractivity contribution >= 4 is 23.3 Å². The van der Waals surface area contributed by atoms with Crippen molar-refractivity contribution in [3.63, 3.8) is 0 Å². The summed E-state index contributed by atoms with van der Waals surface area (Å²) in [5.41, 5.74) is -1.26. The summed E-state index contributed by atoms with van der Waals surface area (Å²) < 4.78 is 14.6. The fraction of sp³-hybridized carbons (Fsp3) is 0.125. The molecule has 27 heavy (non-hydrogen) atoms. The number of rotatable bonds is 6. The highest BCUT2D eigenvalue weighted by Crippen LogP contribution is 2.35. The number of hydrogen-bond acceptors (Lipinski definition) is 9. The largest absolute Gasteiger partial charge is 0.465 e. The van der Waals surface area contributed by atoms with E-state index in [-0.39, 0.29) is 22.6 Å². The van der Waals surface area contributed by atoms with Crippen molar-refractivity contribution in [2.75, 3.05) is 14.2 Å². The molecule has 0 aliphatic heterocycles. The third kappa shape index (κ3) is 4.34. The van der Waals surface area contributed by atoms with E-state index in [9.17, 15) is 29.8 Å². The van der Waals surface area contributed by atoms with Gasteiger partial charge in [-0.15, -0.1) is 0 Å². The summed E-state index contributed by atoms with van der Waals surface area (Å²) in [6, 6.07) is 6.40. The van der Waals surface area contributed by atoms with Crippen molar-refractivity contribution in [1.29, 1.82) is 0 Å². The maximum atomic E-state index is 11.8. The third-order valence-corrected chi connectivity index (χ3v) is 3.33. The number of esters is 2. The first kappa shape index (κ1) is 19.3. The van der Waals surface area contributed by atoms with Crippen LogP contribution >= 0.6 is 0 Å². The molecule has 0 aliphatic rings. The molecule has 2 aromatic rings. The summed E-state index contributed by atoms with van der Waals surface area (Å²) in [7, 11) is 2.27. The molecule has 0 heterocycles. The highest BCUT2D eigenvalue weighted by Gasteiger charge is 2.22. The summed E-state index contributed by atoms with van der Waals surface area (Å²) in [6.45, 7) is 0. The minimum absolute atomic E-state index is 0.0556. The predicted molar refractivity (Wildman–Crippen MR) is 88.9 cm³/mol. The zero-order valence-corrected chi connectivity index (χ0v) is 14.0. The monoisotopic (exact) mass is 376 g/mol. The lowest BCUT2D eigenvalue weighted by atomic mass is 10.1. The second-order valence-corrected chi connectivity index (χ2v) is 5.00. The van der Waals surface area contributed by atoms with Crippen molar-refractivity contribution in [2.24, 2.45) is 0 Å². The zero-order chi connectivity index (χ0) is 20.1. The molecule has 0 amide bonds. The van der Waals surface area contributed by atoms with Gasteiger partial charge >= 0.3 is 17.6 Å². The van der Waals surface area contributed by atoms with Crippen LogP contribution in [0.1, 0.15) is 20.7 Å². The van der Waals surface area contributed by atoms with Gasteiger partial charge in [0.2, 0.25) is 5.75 Å². The van der Waals surface area contributed by atoms with Gasteiger partial charge in [0.25, 0.3) is 5.69 Å². The number of nitro benzene ring substituents is 2. The second-order valence-electron chi connectivity index (χ2n) is 5.00. The Hall–Kier alpha value is -4.02. The van der Waals surface area contributed by atoms with E-state index >= 15 is 0 Å². The Morgan fingerprint density at radius 2 is 1.41 bits per heavy atom. The van der Waals surface area contributed by atoms with Gasteiger partial charge in [0.1, 0.15) is 5.75 Å². The molecule has 0 radical (unpaired) electrons. The molecule has 0 aromatic heterocycles. The van der Waals surface area contributed by atoms with Crippen LogP contribution in [0.4, 0.5) is 11.4 Å². The van der Waals surface area contributed by atoms with Crippen LogP contribution in [0.3, 0.4) is 0 Å². The van der Waals surface area contributed by atoms with Gasteiger partial charge in [0, 0.05) is 6.07 Å². The number of non-ortho nitro benzene ring substituents is 1. The van der Waals surface area contributed by atoms with Crippen LogP contribution in [0.5, 0.6) is 11.5 Å². The molecular formula is C16H12N2O9. The number of carbonyl (C=O) groups is 2. The Balaban J connectivity index is 2.53. The standard InChI is InChI=1S/C16H12N2O9/c1-25-15(19)9-5-10(16(20)26-2)7-12(6-9)27-14-4-3-11(17(21)22)8-13(14)18(23)24/h3-8H,1-2H3. The minimum Gasteiger partial charge on any atom is -0.465 e. The number of hydrogen-bond donors (Lipinski definition) is 0. The molecule has 0 fully saturated rings. The first-order valence-electron chi connectivity index (χ1n) is 7.19. The number of nitrogens with zero attached hydrogens (tertiary/aromatic N) is 2. The summed E-state index contributed by atoms with van der Waals surface area (Å²) in [4.78, 5) is 43.9. The molecule has 0 saturated carbocycles. The van der Waals surface area contributed by atoms with Crippen molar-refractivity contribution in [3.05, 3.63) is 67.8 Å². The summed E-state index contributed by atoms with van der Waals surface area (Å²) in [5, 5.41) is 22.0. The van der Waals surface area contributed by atoms with Crippen LogP contribution in [-0.2, 0) is 9.47 Å². The number of nitro groups is 2. The zero-order valence-electron chi connectivity index (χ0n) is 14.0. The summed E-state index contributed by atoms with van der Waals surface area (Å²) >= 11 is 0. The SMILES string of the molecule is COC(=O)c1cc(Oc2ccc([N+](=O)[O-])cc2[N+](=O)[O-])cc(C(=O)OC)c1. The van der Waals surface area contributed by atoms with E-state index < -0.39 is 33.2 Å². The third-order valence-electron chi connectivity index (χ3n) is 3.33. The molecule has 11 nitrogen and oxygen atoms in total. The normalized spacial score (nSPS) is 10.0. The average Bonchev–Trinajstić information content (AvgIpc) is 2.66. The number of carbonyl (C=O) groups excluding carboxylic acids is 2. The molecule has 11 heteroatoms. The maximum absolute atomic E-state index is 11.8. The van der Waals surface area contributed by atoms with Crippen LogP contribution in [0, 0.1) is 20.2 Å². The van der Waals surface area contributed by atoms with E-state index in [2.05, 4.69) is 9.47 Å². The van der Waals surface area contributed by atoms with Gasteiger partial charge in [-0.1, -0.05) is 0 Å². The van der Waals surface area contributed by atoms with Gasteiger partial charge in [-0.3, -0.25) is 20.2 Å². The first-order chi connectivity index (χ1) is 12.8. The molecule has 2 rings (SSSR count). The quantitative estimate of drug-likeness (QED) is 0.421. The van der Waals surface area contributed by atoms with Gasteiger partial charge in [-0.05, 0) is 24.3 Å². The topological polar surface area (TPSA) is 148 Å². The Kier molecular flexibility index (Phi) is 5.65. The molecule has 0 bridgehead atoms.